The quantitative estimate of drug-likeness (QED) is 0.328. The number of hydrogen-bond acceptors (Lipinski definition) is 3. The Labute approximate surface area is 68.6 Å². The molecule has 0 radical (unpaired) electrons. The van der Waals surface area contributed by atoms with Crippen LogP contribution in [-0.4, -0.2) is 16.3 Å². The van der Waals surface area contributed by atoms with Gasteiger partial charge in [0.05, 0.1) is 5.69 Å². The number of hydrazine groups is 1. The summed E-state index contributed by atoms with van der Waals surface area (Å²) in [6.07, 6.45) is -1.25. The van der Waals surface area contributed by atoms with Crippen LogP contribution in [0.15, 0.2) is 24.3 Å². The van der Waals surface area contributed by atoms with E-state index >= 15 is 0 Å². The van der Waals surface area contributed by atoms with Crippen LogP contribution < -0.4 is 10.9 Å². The zero-order valence-corrected chi connectivity index (χ0v) is 6.14. The van der Waals surface area contributed by atoms with Crippen molar-refractivity contribution >= 4 is 11.8 Å². The summed E-state index contributed by atoms with van der Waals surface area (Å²) in [4.78, 5) is 10.3. The number of phenols is 1. The number of benzene rings is 1. The lowest BCUT2D eigenvalue weighted by molar-refractivity contribution is 0.202. The average Bonchev–Trinajstić information content (AvgIpc) is 2.04. The number of anilines is 1. The molecular weight excluding hydrogens is 160 g/mol. The van der Waals surface area contributed by atoms with Gasteiger partial charge >= 0.3 is 6.09 Å². The molecule has 5 nitrogen and oxygen atoms in total. The number of carbonyl (C=O) groups is 1. The molecule has 0 aliphatic heterocycles. The van der Waals surface area contributed by atoms with E-state index < -0.39 is 6.09 Å². The monoisotopic (exact) mass is 168 g/mol. The number of rotatable bonds is 1. The lowest BCUT2D eigenvalue weighted by Crippen LogP contribution is -2.35. The Kier molecular flexibility index (Phi) is 2.16. The predicted molar refractivity (Wildman–Crippen MR) is 42.8 cm³/mol. The van der Waals surface area contributed by atoms with Crippen molar-refractivity contribution in [1.29, 1.82) is 0 Å². The summed E-state index contributed by atoms with van der Waals surface area (Å²) in [6.45, 7) is 0. The largest absolute Gasteiger partial charge is 0.508 e. The summed E-state index contributed by atoms with van der Waals surface area (Å²) in [5.74, 6) is 5.21. The third-order valence-corrected chi connectivity index (χ3v) is 1.33. The normalized spacial score (nSPS) is 9.42. The van der Waals surface area contributed by atoms with Crippen molar-refractivity contribution in [3.8, 4) is 5.75 Å². The second kappa shape index (κ2) is 3.10. The highest BCUT2D eigenvalue weighted by Gasteiger charge is 2.07. The van der Waals surface area contributed by atoms with Gasteiger partial charge in [-0.05, 0) is 24.3 Å². The summed E-state index contributed by atoms with van der Waals surface area (Å²) in [7, 11) is 0. The fourth-order valence-corrected chi connectivity index (χ4v) is 0.724. The summed E-state index contributed by atoms with van der Waals surface area (Å²) in [5, 5.41) is 17.9. The Morgan fingerprint density at radius 3 is 2.25 bits per heavy atom. The number of carboxylic acid groups (broad SMARTS) is 1. The highest BCUT2D eigenvalue weighted by molar-refractivity contribution is 5.84. The molecule has 0 aromatic heterocycles. The summed E-state index contributed by atoms with van der Waals surface area (Å²) < 4.78 is 0. The number of phenolic OH excluding ortho intramolecular Hbond substituents is 1. The van der Waals surface area contributed by atoms with Gasteiger partial charge in [0.2, 0.25) is 0 Å². The molecule has 0 aliphatic rings. The maximum Gasteiger partial charge on any atom is 0.426 e. The Morgan fingerprint density at radius 1 is 1.33 bits per heavy atom. The van der Waals surface area contributed by atoms with Crippen molar-refractivity contribution in [3.63, 3.8) is 0 Å². The highest BCUT2D eigenvalue weighted by Crippen LogP contribution is 2.15. The van der Waals surface area contributed by atoms with Crippen LogP contribution in [0.2, 0.25) is 0 Å². The molecule has 12 heavy (non-hydrogen) atoms. The van der Waals surface area contributed by atoms with E-state index in [9.17, 15) is 4.79 Å². The van der Waals surface area contributed by atoms with Crippen LogP contribution in [0.3, 0.4) is 0 Å². The van der Waals surface area contributed by atoms with Crippen LogP contribution in [0.5, 0.6) is 5.75 Å². The van der Waals surface area contributed by atoms with Crippen molar-refractivity contribution in [2.75, 3.05) is 5.01 Å². The fraction of sp³-hybridized carbons (Fsp3) is 0. The molecule has 0 heterocycles. The van der Waals surface area contributed by atoms with Crippen LogP contribution in [0, 0.1) is 0 Å². The van der Waals surface area contributed by atoms with Crippen LogP contribution in [0.4, 0.5) is 10.5 Å². The minimum absolute atomic E-state index is 0.0672. The van der Waals surface area contributed by atoms with Crippen LogP contribution >= 0.6 is 0 Å². The van der Waals surface area contributed by atoms with Crippen molar-refractivity contribution < 1.29 is 15.0 Å². The van der Waals surface area contributed by atoms with Crippen molar-refractivity contribution in [2.45, 2.75) is 0 Å². The first-order valence-corrected chi connectivity index (χ1v) is 3.18. The number of nitrogens with two attached hydrogens (primary N) is 1. The van der Waals surface area contributed by atoms with Gasteiger partial charge in [0.25, 0.3) is 0 Å². The van der Waals surface area contributed by atoms with E-state index in [1.807, 2.05) is 0 Å². The molecule has 5 heteroatoms. The first-order chi connectivity index (χ1) is 5.61. The van der Waals surface area contributed by atoms with E-state index in [-0.39, 0.29) is 5.75 Å². The van der Waals surface area contributed by atoms with Gasteiger partial charge in [-0.3, -0.25) is 0 Å². The van der Waals surface area contributed by atoms with Crippen LogP contribution in [0.25, 0.3) is 0 Å². The number of nitrogens with zero attached hydrogens (tertiary/aromatic N) is 1. The molecule has 1 aromatic rings. The van der Waals surface area contributed by atoms with Crippen molar-refractivity contribution in [1.82, 2.24) is 0 Å². The van der Waals surface area contributed by atoms with E-state index in [0.717, 1.165) is 0 Å². The number of hydrogen-bond donors (Lipinski definition) is 3. The average molecular weight is 168 g/mol. The molecule has 64 valence electrons. The molecular formula is C7H8N2O3. The van der Waals surface area contributed by atoms with E-state index in [0.29, 0.717) is 10.7 Å². The Bertz CT molecular complexity index is 283. The van der Waals surface area contributed by atoms with Gasteiger partial charge in [0.15, 0.2) is 0 Å². The van der Waals surface area contributed by atoms with E-state index in [4.69, 9.17) is 16.1 Å². The molecule has 0 unspecified atom stereocenters. The molecule has 0 spiro atoms. The topological polar surface area (TPSA) is 86.8 Å². The summed E-state index contributed by atoms with van der Waals surface area (Å²) in [5.41, 5.74) is 0.306. The minimum Gasteiger partial charge on any atom is -0.508 e. The Hall–Kier alpha value is -1.75. The third kappa shape index (κ3) is 1.64. The minimum atomic E-state index is -1.25. The first-order valence-electron chi connectivity index (χ1n) is 3.18. The number of aromatic hydroxyl groups is 1. The molecule has 4 N–H and O–H groups in total. The maximum absolute atomic E-state index is 10.3. The second-order valence-electron chi connectivity index (χ2n) is 2.17. The van der Waals surface area contributed by atoms with Crippen molar-refractivity contribution in [3.05, 3.63) is 24.3 Å². The lowest BCUT2D eigenvalue weighted by Gasteiger charge is -2.11. The summed E-state index contributed by atoms with van der Waals surface area (Å²) in [6, 6.07) is 5.53. The van der Waals surface area contributed by atoms with Gasteiger partial charge in [0.1, 0.15) is 5.75 Å². The maximum atomic E-state index is 10.3. The molecule has 0 fully saturated rings. The SMILES string of the molecule is NN(C(=O)O)c1ccc(O)cc1. The molecule has 1 amide bonds. The van der Waals surface area contributed by atoms with Gasteiger partial charge in [-0.15, -0.1) is 0 Å². The summed E-state index contributed by atoms with van der Waals surface area (Å²) >= 11 is 0. The highest BCUT2D eigenvalue weighted by atomic mass is 16.4. The molecule has 0 atom stereocenters. The molecule has 0 saturated heterocycles. The molecule has 0 aliphatic carbocycles. The zero-order chi connectivity index (χ0) is 9.14. The smallest absolute Gasteiger partial charge is 0.426 e. The first kappa shape index (κ1) is 8.35. The molecule has 0 saturated carbocycles. The fourth-order valence-electron chi connectivity index (χ4n) is 0.724. The van der Waals surface area contributed by atoms with E-state index in [2.05, 4.69) is 0 Å². The van der Waals surface area contributed by atoms with Gasteiger partial charge in [-0.25, -0.2) is 15.6 Å². The van der Waals surface area contributed by atoms with Crippen LogP contribution in [0.1, 0.15) is 0 Å². The molecule has 0 bridgehead atoms. The van der Waals surface area contributed by atoms with Gasteiger partial charge < -0.3 is 10.2 Å². The van der Waals surface area contributed by atoms with E-state index in [1.54, 1.807) is 0 Å². The zero-order valence-electron chi connectivity index (χ0n) is 6.14. The van der Waals surface area contributed by atoms with Crippen LogP contribution in [-0.2, 0) is 0 Å². The van der Waals surface area contributed by atoms with E-state index in [1.165, 1.54) is 24.3 Å². The second-order valence-corrected chi connectivity index (χ2v) is 2.17. The number of amides is 1. The van der Waals surface area contributed by atoms with Gasteiger partial charge in [0, 0.05) is 0 Å². The standard InChI is InChI=1S/C7H8N2O3/c8-9(7(11)12)5-1-3-6(10)4-2-5/h1-4,10H,8H2,(H,11,12). The Morgan fingerprint density at radius 2 is 1.83 bits per heavy atom. The molecule has 1 aromatic carbocycles. The predicted octanol–water partition coefficient (Wildman–Crippen LogP) is 0.750. The lowest BCUT2D eigenvalue weighted by atomic mass is 10.3. The van der Waals surface area contributed by atoms with Crippen molar-refractivity contribution in [2.24, 2.45) is 5.84 Å². The van der Waals surface area contributed by atoms with Gasteiger partial charge in [-0.2, -0.15) is 0 Å². The Balaban J connectivity index is 2.89. The molecule has 1 rings (SSSR count). The third-order valence-electron chi connectivity index (χ3n) is 1.33. The van der Waals surface area contributed by atoms with Gasteiger partial charge in [-0.1, -0.05) is 0 Å².